The number of rotatable bonds is 15. The van der Waals surface area contributed by atoms with Crippen molar-refractivity contribution in [1.82, 2.24) is 29.3 Å². The van der Waals surface area contributed by atoms with Crippen LogP contribution in [0.25, 0.3) is 5.69 Å². The highest BCUT2D eigenvalue weighted by Crippen LogP contribution is 2.38. The first-order valence-corrected chi connectivity index (χ1v) is 16.5. The number of anilines is 2. The minimum atomic E-state index is -1.11. The average molecular weight is 664 g/mol. The maximum Gasteiger partial charge on any atom is 0.350 e. The Morgan fingerprint density at radius 2 is 1.71 bits per heavy atom. The Hall–Kier alpha value is -5.45. The van der Waals surface area contributed by atoms with Crippen molar-refractivity contribution >= 4 is 11.4 Å². The number of hydrogen-bond donors (Lipinski definition) is 2. The number of nitrogens with one attached hydrogen (secondary N) is 2. The van der Waals surface area contributed by atoms with Crippen molar-refractivity contribution in [3.05, 3.63) is 113 Å². The lowest BCUT2D eigenvalue weighted by atomic mass is 9.98. The van der Waals surface area contributed by atoms with E-state index in [1.165, 1.54) is 4.80 Å². The van der Waals surface area contributed by atoms with Crippen molar-refractivity contribution in [3.8, 4) is 17.5 Å². The Bertz CT molecular complexity index is 1910. The summed E-state index contributed by atoms with van der Waals surface area (Å²) in [6.07, 6.45) is 6.39. The van der Waals surface area contributed by atoms with Crippen LogP contribution in [0, 0.1) is 18.3 Å². The second kappa shape index (κ2) is 15.2. The van der Waals surface area contributed by atoms with E-state index in [2.05, 4.69) is 38.9 Å². The first-order chi connectivity index (χ1) is 23.9. The lowest BCUT2D eigenvalue weighted by Gasteiger charge is -2.29. The molecule has 0 amide bonds. The maximum atomic E-state index is 12.8. The zero-order valence-electron chi connectivity index (χ0n) is 28.0. The normalized spacial score (nSPS) is 17.8. The number of nitriles is 1. The van der Waals surface area contributed by atoms with E-state index in [4.69, 9.17) is 14.2 Å². The summed E-state index contributed by atoms with van der Waals surface area (Å²) in [6.45, 7) is 8.36. The molecule has 13 heteroatoms. The molecule has 2 N–H and O–H groups in total. The molecule has 0 radical (unpaired) electrons. The summed E-state index contributed by atoms with van der Waals surface area (Å²) in [5.74, 6) is -0.386. The maximum absolute atomic E-state index is 12.8. The van der Waals surface area contributed by atoms with Gasteiger partial charge in [0.2, 0.25) is 5.79 Å². The summed E-state index contributed by atoms with van der Waals surface area (Å²) < 4.78 is 22.0. The van der Waals surface area contributed by atoms with Crippen LogP contribution in [0.5, 0.6) is 5.75 Å². The van der Waals surface area contributed by atoms with Crippen LogP contribution in [0.15, 0.2) is 90.2 Å². The number of aryl methyl sites for hydroxylation is 1. The molecule has 1 fully saturated rings. The Morgan fingerprint density at radius 3 is 2.37 bits per heavy atom. The first-order valence-electron chi connectivity index (χ1n) is 16.5. The molecule has 254 valence electrons. The molecule has 0 saturated carbocycles. The fourth-order valence-electron chi connectivity index (χ4n) is 5.98. The third kappa shape index (κ3) is 7.83. The van der Waals surface area contributed by atoms with E-state index in [1.54, 1.807) is 34.0 Å². The van der Waals surface area contributed by atoms with E-state index in [1.807, 2.05) is 74.5 Å². The molecule has 1 aliphatic heterocycles. The second-order valence-electron chi connectivity index (χ2n) is 12.1. The van der Waals surface area contributed by atoms with Crippen molar-refractivity contribution in [3.63, 3.8) is 0 Å². The molecule has 3 aromatic carbocycles. The Balaban J connectivity index is 0.968. The lowest BCUT2D eigenvalue weighted by molar-refractivity contribution is -0.192. The highest BCUT2D eigenvalue weighted by atomic mass is 16.8. The van der Waals surface area contributed by atoms with Gasteiger partial charge in [0.15, 0.2) is 0 Å². The molecular formula is C36H41N9O4. The van der Waals surface area contributed by atoms with E-state index in [-0.39, 0.29) is 24.4 Å². The van der Waals surface area contributed by atoms with Crippen molar-refractivity contribution < 1.29 is 14.2 Å². The van der Waals surface area contributed by atoms with Crippen LogP contribution in [0.4, 0.5) is 11.4 Å². The number of hydrogen-bond acceptors (Lipinski definition) is 10. The molecule has 5 aromatic rings. The minimum Gasteiger partial charge on any atom is -0.491 e. The molecular weight excluding hydrogens is 622 g/mol. The van der Waals surface area contributed by atoms with Gasteiger partial charge in [-0.15, -0.1) is 0 Å². The summed E-state index contributed by atoms with van der Waals surface area (Å²) in [5, 5.41) is 28.9. The Morgan fingerprint density at radius 1 is 1.02 bits per heavy atom. The van der Waals surface area contributed by atoms with Gasteiger partial charge in [0.25, 0.3) is 0 Å². The minimum absolute atomic E-state index is 0.0713. The van der Waals surface area contributed by atoms with Gasteiger partial charge in [-0.25, -0.2) is 14.0 Å². The summed E-state index contributed by atoms with van der Waals surface area (Å²) in [5.41, 5.74) is 4.88. The standard InChI is InChI=1S/C36H41N9O4/c1-4-5-27(3)45-35(46)43(25-42-45)31-11-7-29(8-12-31)38-16-17-39-30-9-13-32(14-10-30)47-22-33-23-48-36(49-33,24-44-40-18-19-41-44)34-15-6-28(21-37)20-26(34)2/h6-15,18-20,25,27,33,38-39H,4-5,16-17,22-24H2,1-3H3/t27?,33-,36-/m1/s1. The summed E-state index contributed by atoms with van der Waals surface area (Å²) in [7, 11) is 0. The molecule has 0 aliphatic carbocycles. The molecule has 3 atom stereocenters. The van der Waals surface area contributed by atoms with Crippen LogP contribution in [0.3, 0.4) is 0 Å². The third-order valence-corrected chi connectivity index (χ3v) is 8.48. The molecule has 6 rings (SSSR count). The lowest BCUT2D eigenvalue weighted by Crippen LogP contribution is -2.36. The quantitative estimate of drug-likeness (QED) is 0.146. The van der Waals surface area contributed by atoms with Crippen LogP contribution >= 0.6 is 0 Å². The van der Waals surface area contributed by atoms with Crippen LogP contribution in [0.1, 0.15) is 49.4 Å². The predicted octanol–water partition coefficient (Wildman–Crippen LogP) is 5.04. The average Bonchev–Trinajstić information content (AvgIpc) is 3.88. The van der Waals surface area contributed by atoms with E-state index in [9.17, 15) is 10.1 Å². The van der Waals surface area contributed by atoms with Crippen molar-refractivity contribution in [2.45, 2.75) is 58.1 Å². The monoisotopic (exact) mass is 663 g/mol. The molecule has 1 saturated heterocycles. The van der Waals surface area contributed by atoms with E-state index in [0.29, 0.717) is 31.9 Å². The second-order valence-corrected chi connectivity index (χ2v) is 12.1. The summed E-state index contributed by atoms with van der Waals surface area (Å²) in [6, 6.07) is 23.3. The number of ether oxygens (including phenoxy) is 3. The molecule has 0 bridgehead atoms. The van der Waals surface area contributed by atoms with Gasteiger partial charge in [-0.2, -0.15) is 25.4 Å². The van der Waals surface area contributed by atoms with Crippen molar-refractivity contribution in [2.75, 3.05) is 36.9 Å². The largest absolute Gasteiger partial charge is 0.491 e. The van der Waals surface area contributed by atoms with Gasteiger partial charge in [0.05, 0.1) is 42.4 Å². The first kappa shape index (κ1) is 33.5. The van der Waals surface area contributed by atoms with Crippen LogP contribution in [-0.2, 0) is 21.8 Å². The van der Waals surface area contributed by atoms with Gasteiger partial charge >= 0.3 is 5.69 Å². The van der Waals surface area contributed by atoms with Gasteiger partial charge in [-0.3, -0.25) is 0 Å². The fraction of sp³-hybridized carbons (Fsp3) is 0.361. The van der Waals surface area contributed by atoms with E-state index >= 15 is 0 Å². The number of benzene rings is 3. The summed E-state index contributed by atoms with van der Waals surface area (Å²) in [4.78, 5) is 14.3. The molecule has 1 aliphatic rings. The van der Waals surface area contributed by atoms with Gasteiger partial charge in [-0.1, -0.05) is 19.4 Å². The van der Waals surface area contributed by atoms with Crippen molar-refractivity contribution in [2.24, 2.45) is 0 Å². The third-order valence-electron chi connectivity index (χ3n) is 8.48. The van der Waals surface area contributed by atoms with E-state index in [0.717, 1.165) is 46.8 Å². The van der Waals surface area contributed by atoms with Crippen LogP contribution in [0.2, 0.25) is 0 Å². The number of aromatic nitrogens is 6. The van der Waals surface area contributed by atoms with Crippen molar-refractivity contribution in [1.29, 1.82) is 5.26 Å². The van der Waals surface area contributed by atoms with Gasteiger partial charge in [-0.05, 0) is 86.5 Å². The smallest absolute Gasteiger partial charge is 0.350 e. The zero-order chi connectivity index (χ0) is 34.2. The Kier molecular flexibility index (Phi) is 10.4. The van der Waals surface area contributed by atoms with Gasteiger partial charge in [0, 0.05) is 30.0 Å². The van der Waals surface area contributed by atoms with Crippen LogP contribution in [-0.4, -0.2) is 61.7 Å². The topological polar surface area (TPSA) is 146 Å². The van der Waals surface area contributed by atoms with Gasteiger partial charge < -0.3 is 24.8 Å². The molecule has 1 unspecified atom stereocenters. The number of nitrogens with zero attached hydrogens (tertiary/aromatic N) is 7. The molecule has 49 heavy (non-hydrogen) atoms. The Labute approximate surface area is 285 Å². The molecule has 3 heterocycles. The molecule has 13 nitrogen and oxygen atoms in total. The van der Waals surface area contributed by atoms with Crippen LogP contribution < -0.4 is 21.1 Å². The SMILES string of the molecule is CCCC(C)n1ncn(-c2ccc(NCCNc3ccc(OC[C@@H]4CO[C@@](Cn5nccn5)(c5ccc(C#N)cc5C)O4)cc3)cc2)c1=O. The summed E-state index contributed by atoms with van der Waals surface area (Å²) >= 11 is 0. The fourth-order valence-corrected chi connectivity index (χ4v) is 5.98. The molecule has 0 spiro atoms. The zero-order valence-corrected chi connectivity index (χ0v) is 28.0. The molecule has 2 aromatic heterocycles. The highest BCUT2D eigenvalue weighted by molar-refractivity contribution is 5.50. The highest BCUT2D eigenvalue weighted by Gasteiger charge is 2.45. The predicted molar refractivity (Wildman–Crippen MR) is 185 cm³/mol. The van der Waals surface area contributed by atoms with Gasteiger partial charge in [0.1, 0.15) is 31.3 Å². The van der Waals surface area contributed by atoms with E-state index < -0.39 is 5.79 Å².